The summed E-state index contributed by atoms with van der Waals surface area (Å²) in [6.45, 7) is 2.31. The van der Waals surface area contributed by atoms with Crippen LogP contribution in [0.4, 0.5) is 5.69 Å². The van der Waals surface area contributed by atoms with E-state index in [1.54, 1.807) is 13.0 Å². The molecule has 0 saturated heterocycles. The van der Waals surface area contributed by atoms with Crippen molar-refractivity contribution in [2.75, 3.05) is 18.0 Å². The highest BCUT2D eigenvalue weighted by Crippen LogP contribution is 2.31. The predicted molar refractivity (Wildman–Crippen MR) is 91.7 cm³/mol. The van der Waals surface area contributed by atoms with Gasteiger partial charge in [-0.15, -0.1) is 0 Å². The molecule has 3 rings (SSSR count). The Morgan fingerprint density at radius 3 is 2.54 bits per heavy atom. The van der Waals surface area contributed by atoms with Gasteiger partial charge in [-0.2, -0.15) is 0 Å². The molecule has 0 fully saturated rings. The number of sulfonamides is 1. The van der Waals surface area contributed by atoms with Crippen molar-refractivity contribution in [1.82, 2.24) is 14.7 Å². The average Bonchev–Trinajstić information content (AvgIpc) is 3.04. The lowest BCUT2D eigenvalue weighted by molar-refractivity contribution is 0.0689. The smallest absolute Gasteiger partial charge is 0.356 e. The lowest BCUT2D eigenvalue weighted by Crippen LogP contribution is -2.30. The summed E-state index contributed by atoms with van der Waals surface area (Å²) in [4.78, 5) is 32.6. The number of hydrogen-bond donors (Lipinski definition) is 2. The molecule has 0 saturated carbocycles. The Bertz CT molecular complexity index is 973. The van der Waals surface area contributed by atoms with Gasteiger partial charge in [0.05, 0.1) is 17.3 Å². The van der Waals surface area contributed by atoms with E-state index in [0.717, 1.165) is 18.0 Å². The second-order valence-electron chi connectivity index (χ2n) is 5.59. The van der Waals surface area contributed by atoms with Crippen molar-refractivity contribution in [3.05, 3.63) is 47.5 Å². The Morgan fingerprint density at radius 2 is 1.92 bits per heavy atom. The van der Waals surface area contributed by atoms with Gasteiger partial charge in [-0.3, -0.25) is 4.79 Å². The number of amides is 1. The fourth-order valence-electron chi connectivity index (χ4n) is 2.70. The largest absolute Gasteiger partial charge is 0.476 e. The summed E-state index contributed by atoms with van der Waals surface area (Å²) in [7, 11) is -3.64. The van der Waals surface area contributed by atoms with Gasteiger partial charge in [0.1, 0.15) is 5.69 Å². The highest BCUT2D eigenvalue weighted by atomic mass is 32.2. The van der Waals surface area contributed by atoms with Crippen LogP contribution in [0, 0.1) is 0 Å². The van der Waals surface area contributed by atoms with Crippen molar-refractivity contribution in [2.24, 2.45) is 0 Å². The van der Waals surface area contributed by atoms with E-state index in [1.807, 2.05) is 0 Å². The van der Waals surface area contributed by atoms with Crippen LogP contribution < -0.4 is 9.62 Å². The SMILES string of the molecule is CCNS(=O)(=O)c1ccc2c(c1)N(C(=O)c1cnc(C(=O)O)cn1)CC2. The molecule has 1 aliphatic rings. The van der Waals surface area contributed by atoms with Crippen molar-refractivity contribution in [1.29, 1.82) is 0 Å². The monoisotopic (exact) mass is 376 g/mol. The normalized spacial score (nSPS) is 13.5. The maximum atomic E-state index is 12.7. The van der Waals surface area contributed by atoms with E-state index in [-0.39, 0.29) is 22.8 Å². The standard InChI is InChI=1S/C16H16N4O5S/c1-2-19-26(24,25)11-4-3-10-5-6-20(14(10)7-11)15(21)12-8-18-13(9-17-12)16(22)23/h3-4,7-9,19H,2,5-6H2,1H3,(H,22,23). The number of carbonyl (C=O) groups excluding carboxylic acids is 1. The third kappa shape index (κ3) is 3.28. The van der Waals surface area contributed by atoms with Crippen LogP contribution in [0.2, 0.25) is 0 Å². The first-order valence-corrected chi connectivity index (χ1v) is 9.31. The Labute approximate surface area is 149 Å². The first kappa shape index (κ1) is 18.0. The van der Waals surface area contributed by atoms with E-state index in [0.29, 0.717) is 18.7 Å². The molecule has 0 bridgehead atoms. The predicted octanol–water partition coefficient (Wildman–Crippen LogP) is 0.676. The van der Waals surface area contributed by atoms with E-state index < -0.39 is 21.9 Å². The van der Waals surface area contributed by atoms with E-state index in [1.165, 1.54) is 17.0 Å². The molecule has 0 aliphatic carbocycles. The van der Waals surface area contributed by atoms with Crippen LogP contribution in [-0.2, 0) is 16.4 Å². The number of carboxylic acid groups (broad SMARTS) is 1. The summed E-state index contributed by atoms with van der Waals surface area (Å²) in [5.74, 6) is -1.70. The van der Waals surface area contributed by atoms with Crippen LogP contribution in [0.5, 0.6) is 0 Å². The summed E-state index contributed by atoms with van der Waals surface area (Å²) < 4.78 is 26.8. The molecule has 2 heterocycles. The average molecular weight is 376 g/mol. The minimum atomic E-state index is -3.64. The lowest BCUT2D eigenvalue weighted by Gasteiger charge is -2.17. The van der Waals surface area contributed by atoms with Crippen LogP contribution in [0.3, 0.4) is 0 Å². The Hall–Kier alpha value is -2.85. The first-order chi connectivity index (χ1) is 12.3. The van der Waals surface area contributed by atoms with Crippen molar-refractivity contribution >= 4 is 27.6 Å². The topological polar surface area (TPSA) is 130 Å². The second-order valence-corrected chi connectivity index (χ2v) is 7.36. The molecular formula is C16H16N4O5S. The molecule has 1 amide bonds. The van der Waals surface area contributed by atoms with E-state index >= 15 is 0 Å². The van der Waals surface area contributed by atoms with Crippen molar-refractivity contribution in [3.8, 4) is 0 Å². The molecule has 1 aromatic heterocycles. The van der Waals surface area contributed by atoms with E-state index in [2.05, 4.69) is 14.7 Å². The number of carbonyl (C=O) groups is 2. The van der Waals surface area contributed by atoms with Crippen LogP contribution in [0.25, 0.3) is 0 Å². The number of hydrogen-bond acceptors (Lipinski definition) is 6. The highest BCUT2D eigenvalue weighted by molar-refractivity contribution is 7.89. The molecule has 1 aromatic carbocycles. The van der Waals surface area contributed by atoms with Gasteiger partial charge < -0.3 is 10.0 Å². The second kappa shape index (κ2) is 6.81. The van der Waals surface area contributed by atoms with Crippen LogP contribution in [-0.4, -0.2) is 48.5 Å². The van der Waals surface area contributed by atoms with Gasteiger partial charge in [0.25, 0.3) is 5.91 Å². The molecule has 9 nitrogen and oxygen atoms in total. The number of benzene rings is 1. The highest BCUT2D eigenvalue weighted by Gasteiger charge is 2.28. The van der Waals surface area contributed by atoms with Gasteiger partial charge in [-0.1, -0.05) is 13.0 Å². The minimum absolute atomic E-state index is 0.0113. The summed E-state index contributed by atoms with van der Waals surface area (Å²) >= 11 is 0. The summed E-state index contributed by atoms with van der Waals surface area (Å²) in [5, 5.41) is 8.85. The third-order valence-electron chi connectivity index (χ3n) is 3.93. The molecule has 26 heavy (non-hydrogen) atoms. The molecule has 0 spiro atoms. The molecule has 2 N–H and O–H groups in total. The van der Waals surface area contributed by atoms with Crippen LogP contribution in [0.1, 0.15) is 33.5 Å². The number of fused-ring (bicyclic) bond motifs is 1. The van der Waals surface area contributed by atoms with E-state index in [9.17, 15) is 18.0 Å². The molecular weight excluding hydrogens is 360 g/mol. The number of nitrogens with zero attached hydrogens (tertiary/aromatic N) is 3. The maximum absolute atomic E-state index is 12.7. The molecule has 0 unspecified atom stereocenters. The fraction of sp³-hybridized carbons (Fsp3) is 0.250. The summed E-state index contributed by atoms with van der Waals surface area (Å²) in [5.41, 5.74) is 1.08. The van der Waals surface area contributed by atoms with Gasteiger partial charge in [0, 0.05) is 18.8 Å². The van der Waals surface area contributed by atoms with Gasteiger partial charge in [0.2, 0.25) is 10.0 Å². The lowest BCUT2D eigenvalue weighted by atomic mass is 10.2. The van der Waals surface area contributed by atoms with Crippen LogP contribution in [0.15, 0.2) is 35.5 Å². The van der Waals surface area contributed by atoms with Crippen molar-refractivity contribution in [2.45, 2.75) is 18.2 Å². The number of anilines is 1. The number of nitrogens with one attached hydrogen (secondary N) is 1. The van der Waals surface area contributed by atoms with Gasteiger partial charge in [0.15, 0.2) is 5.69 Å². The number of rotatable bonds is 5. The zero-order chi connectivity index (χ0) is 18.9. The number of aromatic carboxylic acids is 1. The van der Waals surface area contributed by atoms with Crippen molar-refractivity contribution in [3.63, 3.8) is 0 Å². The number of aromatic nitrogens is 2. The van der Waals surface area contributed by atoms with Gasteiger partial charge in [-0.05, 0) is 24.1 Å². The first-order valence-electron chi connectivity index (χ1n) is 7.83. The van der Waals surface area contributed by atoms with Gasteiger partial charge >= 0.3 is 5.97 Å². The molecule has 10 heteroatoms. The zero-order valence-electron chi connectivity index (χ0n) is 13.8. The Kier molecular flexibility index (Phi) is 4.70. The molecule has 2 aromatic rings. The minimum Gasteiger partial charge on any atom is -0.476 e. The quantitative estimate of drug-likeness (QED) is 0.784. The van der Waals surface area contributed by atoms with Crippen LogP contribution >= 0.6 is 0 Å². The van der Waals surface area contributed by atoms with Gasteiger partial charge in [-0.25, -0.2) is 27.9 Å². The Balaban J connectivity index is 1.93. The molecule has 136 valence electrons. The fourth-order valence-corrected chi connectivity index (χ4v) is 3.76. The maximum Gasteiger partial charge on any atom is 0.356 e. The molecule has 0 atom stereocenters. The third-order valence-corrected chi connectivity index (χ3v) is 5.48. The molecule has 1 aliphatic heterocycles. The van der Waals surface area contributed by atoms with E-state index in [4.69, 9.17) is 5.11 Å². The summed E-state index contributed by atoms with van der Waals surface area (Å²) in [6.07, 6.45) is 2.70. The zero-order valence-corrected chi connectivity index (χ0v) is 14.7. The number of carboxylic acids is 1. The Morgan fingerprint density at radius 1 is 1.23 bits per heavy atom. The summed E-state index contributed by atoms with van der Waals surface area (Å²) in [6, 6.07) is 4.65. The molecule has 0 radical (unpaired) electrons. The van der Waals surface area contributed by atoms with Crippen molar-refractivity contribution < 1.29 is 23.1 Å².